The summed E-state index contributed by atoms with van der Waals surface area (Å²) in [5.41, 5.74) is 1.21. The first-order chi connectivity index (χ1) is 12.0. The summed E-state index contributed by atoms with van der Waals surface area (Å²) < 4.78 is 44.1. The molecule has 0 bridgehead atoms. The van der Waals surface area contributed by atoms with Gasteiger partial charge in [-0.1, -0.05) is 0 Å². The van der Waals surface area contributed by atoms with Gasteiger partial charge in [-0.3, -0.25) is 0 Å². The Morgan fingerprint density at radius 2 is 2.16 bits per heavy atom. The number of aryl methyl sites for hydroxylation is 1. The lowest BCUT2D eigenvalue weighted by molar-refractivity contribution is -0.0521. The molecule has 1 N–H and O–H groups in total. The molecule has 1 aliphatic rings. The first-order valence-corrected chi connectivity index (χ1v) is 7.89. The van der Waals surface area contributed by atoms with Crippen molar-refractivity contribution in [3.63, 3.8) is 0 Å². The lowest BCUT2D eigenvalue weighted by Crippen LogP contribution is -2.35. The minimum atomic E-state index is -3.11. The number of urea groups is 1. The lowest BCUT2D eigenvalue weighted by Gasteiger charge is -2.25. The predicted octanol–water partition coefficient (Wildman–Crippen LogP) is 4.13. The van der Waals surface area contributed by atoms with Crippen LogP contribution in [0.15, 0.2) is 36.5 Å². The largest absolute Gasteiger partial charge is 0.432 e. The third kappa shape index (κ3) is 3.72. The van der Waals surface area contributed by atoms with Crippen molar-refractivity contribution in [2.24, 2.45) is 7.05 Å². The number of ether oxygens (including phenoxy) is 1. The van der Waals surface area contributed by atoms with E-state index in [4.69, 9.17) is 0 Å². The van der Waals surface area contributed by atoms with E-state index >= 15 is 0 Å². The topological polar surface area (TPSA) is 46.5 Å². The summed E-state index contributed by atoms with van der Waals surface area (Å²) in [5, 5.41) is 2.61. The van der Waals surface area contributed by atoms with Gasteiger partial charge in [0.2, 0.25) is 0 Å². The molecule has 2 aromatic rings. The van der Waals surface area contributed by atoms with E-state index in [2.05, 4.69) is 10.1 Å². The standard InChI is InChI=1S/C17H18F3N3O2/c1-22-8-2-4-13(22)14-5-3-9-23(14)17(24)21-11-6-7-15(12(18)10-11)25-16(19)20/h2,4,6-8,10,14,16H,3,5,9H2,1H3,(H,21,24). The van der Waals surface area contributed by atoms with Crippen molar-refractivity contribution in [1.82, 2.24) is 9.47 Å². The second-order valence-electron chi connectivity index (χ2n) is 5.85. The van der Waals surface area contributed by atoms with E-state index in [1.165, 1.54) is 6.07 Å². The third-order valence-electron chi connectivity index (χ3n) is 4.24. The summed E-state index contributed by atoms with van der Waals surface area (Å²) in [7, 11) is 1.92. The van der Waals surface area contributed by atoms with E-state index in [1.54, 1.807) is 4.90 Å². The zero-order chi connectivity index (χ0) is 18.0. The SMILES string of the molecule is Cn1cccc1C1CCCN1C(=O)Nc1ccc(OC(F)F)c(F)c1. The van der Waals surface area contributed by atoms with Crippen LogP contribution < -0.4 is 10.1 Å². The fourth-order valence-electron chi connectivity index (χ4n) is 3.10. The minimum absolute atomic E-state index is 0.0497. The highest BCUT2D eigenvalue weighted by atomic mass is 19.3. The van der Waals surface area contributed by atoms with Gasteiger partial charge in [-0.25, -0.2) is 9.18 Å². The van der Waals surface area contributed by atoms with Crippen LogP contribution in [0.3, 0.4) is 0 Å². The van der Waals surface area contributed by atoms with Crippen LogP contribution in [0, 0.1) is 5.82 Å². The lowest BCUT2D eigenvalue weighted by atomic mass is 10.1. The number of likely N-dealkylation sites (tertiary alicyclic amines) is 1. The number of rotatable bonds is 4. The molecule has 2 heterocycles. The molecule has 0 radical (unpaired) electrons. The second kappa shape index (κ2) is 7.08. The molecule has 1 aromatic heterocycles. The highest BCUT2D eigenvalue weighted by Gasteiger charge is 2.31. The summed E-state index contributed by atoms with van der Waals surface area (Å²) in [6, 6.07) is 6.83. The van der Waals surface area contributed by atoms with Gasteiger partial charge in [-0.15, -0.1) is 0 Å². The molecule has 25 heavy (non-hydrogen) atoms. The van der Waals surface area contributed by atoms with Gasteiger partial charge in [0, 0.05) is 37.2 Å². The number of carbonyl (C=O) groups excluding carboxylic acids is 1. The smallest absolute Gasteiger partial charge is 0.387 e. The van der Waals surface area contributed by atoms with Gasteiger partial charge in [0.25, 0.3) is 0 Å². The highest BCUT2D eigenvalue weighted by molar-refractivity contribution is 5.89. The van der Waals surface area contributed by atoms with E-state index in [0.717, 1.165) is 30.7 Å². The maximum Gasteiger partial charge on any atom is 0.387 e. The van der Waals surface area contributed by atoms with Crippen molar-refractivity contribution in [1.29, 1.82) is 0 Å². The molecule has 1 fully saturated rings. The van der Waals surface area contributed by atoms with Crippen LogP contribution in [0.2, 0.25) is 0 Å². The number of hydrogen-bond donors (Lipinski definition) is 1. The van der Waals surface area contributed by atoms with E-state index in [9.17, 15) is 18.0 Å². The predicted molar refractivity (Wildman–Crippen MR) is 86.1 cm³/mol. The number of carbonyl (C=O) groups is 1. The third-order valence-corrected chi connectivity index (χ3v) is 4.24. The zero-order valence-electron chi connectivity index (χ0n) is 13.6. The molecule has 1 saturated heterocycles. The number of alkyl halides is 2. The number of amides is 2. The van der Waals surface area contributed by atoms with E-state index in [1.807, 2.05) is 29.9 Å². The van der Waals surface area contributed by atoms with Gasteiger partial charge in [-0.05, 0) is 37.1 Å². The monoisotopic (exact) mass is 353 g/mol. The number of halogens is 3. The molecule has 0 spiro atoms. The van der Waals surface area contributed by atoms with Gasteiger partial charge in [0.1, 0.15) is 0 Å². The number of nitrogens with zero attached hydrogens (tertiary/aromatic N) is 2. The summed E-state index contributed by atoms with van der Waals surface area (Å²) in [5.74, 6) is -1.52. The van der Waals surface area contributed by atoms with Crippen molar-refractivity contribution < 1.29 is 22.7 Å². The first kappa shape index (κ1) is 17.2. The summed E-state index contributed by atoms with van der Waals surface area (Å²) >= 11 is 0. The molecule has 1 aromatic carbocycles. The average molecular weight is 353 g/mol. The summed E-state index contributed by atoms with van der Waals surface area (Å²) in [4.78, 5) is 14.2. The molecule has 3 rings (SSSR count). The van der Waals surface area contributed by atoms with Crippen molar-refractivity contribution in [3.05, 3.63) is 48.0 Å². The quantitative estimate of drug-likeness (QED) is 0.898. The van der Waals surface area contributed by atoms with Crippen molar-refractivity contribution >= 4 is 11.7 Å². The average Bonchev–Trinajstić information content (AvgIpc) is 3.17. The zero-order valence-corrected chi connectivity index (χ0v) is 13.6. The normalized spacial score (nSPS) is 17.2. The Kier molecular flexibility index (Phi) is 4.87. The fraction of sp³-hybridized carbons (Fsp3) is 0.353. The van der Waals surface area contributed by atoms with Crippen molar-refractivity contribution in [2.45, 2.75) is 25.5 Å². The molecule has 5 nitrogen and oxygen atoms in total. The number of anilines is 1. The molecule has 1 atom stereocenters. The Bertz CT molecular complexity index is 763. The van der Waals surface area contributed by atoms with Crippen LogP contribution >= 0.6 is 0 Å². The molecular formula is C17H18F3N3O2. The molecule has 0 aliphatic carbocycles. The number of aromatic nitrogens is 1. The van der Waals surface area contributed by atoms with Gasteiger partial charge in [-0.2, -0.15) is 8.78 Å². The number of benzene rings is 1. The Hall–Kier alpha value is -2.64. The van der Waals surface area contributed by atoms with Gasteiger partial charge >= 0.3 is 12.6 Å². The van der Waals surface area contributed by atoms with Gasteiger partial charge in [0.05, 0.1) is 6.04 Å². The van der Waals surface area contributed by atoms with Crippen LogP contribution in [0.4, 0.5) is 23.7 Å². The molecule has 1 unspecified atom stereocenters. The molecule has 2 amide bonds. The number of nitrogens with one attached hydrogen (secondary N) is 1. The van der Waals surface area contributed by atoms with Gasteiger partial charge in [0.15, 0.2) is 11.6 Å². The van der Waals surface area contributed by atoms with E-state index in [-0.39, 0.29) is 17.8 Å². The maximum absolute atomic E-state index is 13.8. The number of hydrogen-bond acceptors (Lipinski definition) is 2. The maximum atomic E-state index is 13.8. The minimum Gasteiger partial charge on any atom is -0.432 e. The Balaban J connectivity index is 1.71. The van der Waals surface area contributed by atoms with Crippen molar-refractivity contribution in [3.8, 4) is 5.75 Å². The van der Waals surface area contributed by atoms with Gasteiger partial charge < -0.3 is 19.5 Å². The van der Waals surface area contributed by atoms with Crippen LogP contribution in [0.5, 0.6) is 5.75 Å². The Labute approximate surface area is 143 Å². The second-order valence-corrected chi connectivity index (χ2v) is 5.85. The fourth-order valence-corrected chi connectivity index (χ4v) is 3.10. The van der Waals surface area contributed by atoms with Crippen molar-refractivity contribution in [2.75, 3.05) is 11.9 Å². The molecule has 1 aliphatic heterocycles. The molecule has 134 valence electrons. The highest BCUT2D eigenvalue weighted by Crippen LogP contribution is 2.32. The van der Waals surface area contributed by atoms with Crippen LogP contribution in [-0.2, 0) is 7.05 Å². The molecule has 8 heteroatoms. The molecular weight excluding hydrogens is 335 g/mol. The Morgan fingerprint density at radius 3 is 2.80 bits per heavy atom. The molecule has 0 saturated carbocycles. The first-order valence-electron chi connectivity index (χ1n) is 7.89. The van der Waals surface area contributed by atoms with Crippen LogP contribution in [0.1, 0.15) is 24.6 Å². The summed E-state index contributed by atoms with van der Waals surface area (Å²) in [6.07, 6.45) is 3.64. The van der Waals surface area contributed by atoms with Crippen LogP contribution in [-0.4, -0.2) is 28.7 Å². The van der Waals surface area contributed by atoms with E-state index in [0.29, 0.717) is 6.54 Å². The Morgan fingerprint density at radius 1 is 1.36 bits per heavy atom. The van der Waals surface area contributed by atoms with Crippen LogP contribution in [0.25, 0.3) is 0 Å². The van der Waals surface area contributed by atoms with E-state index < -0.39 is 18.2 Å². The summed E-state index contributed by atoms with van der Waals surface area (Å²) in [6.45, 7) is -2.51.